The molecule has 2 amide bonds. The van der Waals surface area contributed by atoms with E-state index in [0.717, 1.165) is 10.6 Å². The van der Waals surface area contributed by atoms with Gasteiger partial charge in [0.15, 0.2) is 18.1 Å². The summed E-state index contributed by atoms with van der Waals surface area (Å²) >= 11 is 0. The standard InChI is InChI=1S/C23H30N4O7S/c1-16(2)25-23(29)15-34-19-9-6-17(7-10-19)13-24-26-22(28)14-27(35(5,30)31)18-8-11-20(32-3)21(12-18)33-4/h6-13,16H,14-15H2,1-5H3,(H,25,29)(H,26,28)/b24-13-. The normalized spacial score (nSPS) is 11.3. The Bertz CT molecular complexity index is 1150. The molecule has 2 aromatic carbocycles. The number of nitrogens with one attached hydrogen (secondary N) is 2. The fraction of sp³-hybridized carbons (Fsp3) is 0.348. The first-order chi connectivity index (χ1) is 16.5. The topological polar surface area (TPSA) is 136 Å². The third-order valence-electron chi connectivity index (χ3n) is 4.45. The predicted molar refractivity (Wildman–Crippen MR) is 133 cm³/mol. The van der Waals surface area contributed by atoms with Crippen molar-refractivity contribution in [2.24, 2.45) is 5.10 Å². The fourth-order valence-electron chi connectivity index (χ4n) is 2.89. The van der Waals surface area contributed by atoms with E-state index < -0.39 is 22.5 Å². The minimum atomic E-state index is -3.78. The molecular formula is C23H30N4O7S. The highest BCUT2D eigenvalue weighted by molar-refractivity contribution is 7.92. The molecule has 0 unspecified atom stereocenters. The molecule has 0 saturated carbocycles. The van der Waals surface area contributed by atoms with Crippen LogP contribution in [0.25, 0.3) is 0 Å². The van der Waals surface area contributed by atoms with E-state index in [2.05, 4.69) is 15.8 Å². The molecule has 0 saturated heterocycles. The molecule has 11 nitrogen and oxygen atoms in total. The Morgan fingerprint density at radius 2 is 1.69 bits per heavy atom. The van der Waals surface area contributed by atoms with Gasteiger partial charge in [0.2, 0.25) is 10.0 Å². The average molecular weight is 507 g/mol. The van der Waals surface area contributed by atoms with Crippen LogP contribution >= 0.6 is 0 Å². The van der Waals surface area contributed by atoms with Crippen LogP contribution in [0.3, 0.4) is 0 Å². The summed E-state index contributed by atoms with van der Waals surface area (Å²) < 4.78 is 41.3. The van der Waals surface area contributed by atoms with Gasteiger partial charge in [-0.3, -0.25) is 13.9 Å². The Kier molecular flexibility index (Phi) is 9.88. The average Bonchev–Trinajstić information content (AvgIpc) is 2.80. The number of rotatable bonds is 12. The SMILES string of the molecule is COc1ccc(N(CC(=O)N/N=C\c2ccc(OCC(=O)NC(C)C)cc2)S(C)(=O)=O)cc1OC. The van der Waals surface area contributed by atoms with Gasteiger partial charge in [-0.1, -0.05) is 0 Å². The lowest BCUT2D eigenvalue weighted by atomic mass is 10.2. The summed E-state index contributed by atoms with van der Waals surface area (Å²) in [5, 5.41) is 6.60. The van der Waals surface area contributed by atoms with Crippen molar-refractivity contribution in [2.45, 2.75) is 19.9 Å². The van der Waals surface area contributed by atoms with Crippen molar-refractivity contribution in [2.75, 3.05) is 37.9 Å². The monoisotopic (exact) mass is 506 g/mol. The molecule has 0 heterocycles. The molecule has 0 atom stereocenters. The smallest absolute Gasteiger partial charge is 0.260 e. The van der Waals surface area contributed by atoms with Crippen LogP contribution in [-0.2, 0) is 19.6 Å². The van der Waals surface area contributed by atoms with Crippen LogP contribution in [0.2, 0.25) is 0 Å². The maximum Gasteiger partial charge on any atom is 0.260 e. The number of methoxy groups -OCH3 is 2. The Hall–Kier alpha value is -3.80. The lowest BCUT2D eigenvalue weighted by molar-refractivity contribution is -0.123. The summed E-state index contributed by atoms with van der Waals surface area (Å²) in [6.07, 6.45) is 2.39. The molecule has 190 valence electrons. The van der Waals surface area contributed by atoms with E-state index in [1.165, 1.54) is 32.6 Å². The number of hydrazone groups is 1. The van der Waals surface area contributed by atoms with E-state index in [1.807, 2.05) is 13.8 Å². The van der Waals surface area contributed by atoms with Gasteiger partial charge in [-0.2, -0.15) is 5.10 Å². The molecule has 0 aliphatic carbocycles. The third kappa shape index (κ3) is 8.81. The highest BCUT2D eigenvalue weighted by Crippen LogP contribution is 2.32. The Balaban J connectivity index is 1.98. The van der Waals surface area contributed by atoms with Crippen molar-refractivity contribution in [3.8, 4) is 17.2 Å². The summed E-state index contributed by atoms with van der Waals surface area (Å²) in [7, 11) is -0.887. The van der Waals surface area contributed by atoms with E-state index in [1.54, 1.807) is 30.3 Å². The minimum Gasteiger partial charge on any atom is -0.493 e. The van der Waals surface area contributed by atoms with Crippen LogP contribution in [0.15, 0.2) is 47.6 Å². The number of anilines is 1. The number of hydrogen-bond donors (Lipinski definition) is 2. The van der Waals surface area contributed by atoms with Crippen molar-refractivity contribution in [3.05, 3.63) is 48.0 Å². The van der Waals surface area contributed by atoms with E-state index in [4.69, 9.17) is 14.2 Å². The van der Waals surface area contributed by atoms with Crippen LogP contribution in [0.1, 0.15) is 19.4 Å². The van der Waals surface area contributed by atoms with Gasteiger partial charge in [-0.25, -0.2) is 13.8 Å². The first-order valence-corrected chi connectivity index (χ1v) is 12.4. The maximum absolute atomic E-state index is 12.4. The van der Waals surface area contributed by atoms with Crippen molar-refractivity contribution in [3.63, 3.8) is 0 Å². The number of carbonyl (C=O) groups excluding carboxylic acids is 2. The van der Waals surface area contributed by atoms with Crippen LogP contribution in [0.4, 0.5) is 5.69 Å². The molecule has 0 aliphatic heterocycles. The Morgan fingerprint density at radius 3 is 2.26 bits per heavy atom. The molecule has 12 heteroatoms. The second-order valence-electron chi connectivity index (χ2n) is 7.68. The predicted octanol–water partition coefficient (Wildman–Crippen LogP) is 1.52. The first kappa shape index (κ1) is 27.4. The van der Waals surface area contributed by atoms with E-state index in [0.29, 0.717) is 22.8 Å². The number of carbonyl (C=O) groups is 2. The molecule has 0 fully saturated rings. The lowest BCUT2D eigenvalue weighted by Crippen LogP contribution is -2.39. The van der Waals surface area contributed by atoms with Crippen molar-refractivity contribution in [1.82, 2.24) is 10.7 Å². The van der Waals surface area contributed by atoms with Crippen molar-refractivity contribution >= 4 is 33.7 Å². The zero-order valence-electron chi connectivity index (χ0n) is 20.3. The molecule has 0 aromatic heterocycles. The molecule has 0 radical (unpaired) electrons. The highest BCUT2D eigenvalue weighted by atomic mass is 32.2. The second-order valence-corrected chi connectivity index (χ2v) is 9.59. The quantitative estimate of drug-likeness (QED) is 0.329. The van der Waals surface area contributed by atoms with Crippen molar-refractivity contribution < 1.29 is 32.2 Å². The molecule has 0 spiro atoms. The molecule has 0 bridgehead atoms. The number of ether oxygens (including phenoxy) is 3. The summed E-state index contributed by atoms with van der Waals surface area (Å²) in [5.41, 5.74) is 3.21. The van der Waals surface area contributed by atoms with Gasteiger partial charge in [0.1, 0.15) is 12.3 Å². The molecule has 2 rings (SSSR count). The number of amides is 2. The summed E-state index contributed by atoms with van der Waals surface area (Å²) in [6, 6.07) is 11.3. The van der Waals surface area contributed by atoms with Gasteiger partial charge in [-0.05, 0) is 55.8 Å². The minimum absolute atomic E-state index is 0.0310. The van der Waals surface area contributed by atoms with Crippen molar-refractivity contribution in [1.29, 1.82) is 0 Å². The van der Waals surface area contributed by atoms with Crippen LogP contribution in [-0.4, -0.2) is 66.1 Å². The van der Waals surface area contributed by atoms with Crippen LogP contribution in [0.5, 0.6) is 17.2 Å². The van der Waals surface area contributed by atoms with Crippen LogP contribution in [0, 0.1) is 0 Å². The summed E-state index contributed by atoms with van der Waals surface area (Å²) in [4.78, 5) is 24.0. The number of benzene rings is 2. The van der Waals surface area contributed by atoms with Gasteiger partial charge < -0.3 is 19.5 Å². The van der Waals surface area contributed by atoms with E-state index in [-0.39, 0.29) is 24.2 Å². The summed E-state index contributed by atoms with van der Waals surface area (Å²) in [6.45, 7) is 3.13. The Morgan fingerprint density at radius 1 is 1.03 bits per heavy atom. The Labute approximate surface area is 205 Å². The maximum atomic E-state index is 12.4. The number of sulfonamides is 1. The van der Waals surface area contributed by atoms with E-state index >= 15 is 0 Å². The molecule has 2 N–H and O–H groups in total. The largest absolute Gasteiger partial charge is 0.493 e. The fourth-order valence-corrected chi connectivity index (χ4v) is 3.74. The second kappa shape index (κ2) is 12.6. The first-order valence-electron chi connectivity index (χ1n) is 10.6. The molecule has 0 aliphatic rings. The summed E-state index contributed by atoms with van der Waals surface area (Å²) in [5.74, 6) is 0.394. The highest BCUT2D eigenvalue weighted by Gasteiger charge is 2.22. The molecular weight excluding hydrogens is 476 g/mol. The number of hydrogen-bond acceptors (Lipinski definition) is 8. The number of nitrogens with zero attached hydrogens (tertiary/aromatic N) is 2. The van der Waals surface area contributed by atoms with E-state index in [9.17, 15) is 18.0 Å². The van der Waals surface area contributed by atoms with Gasteiger partial charge in [0.05, 0.1) is 32.4 Å². The third-order valence-corrected chi connectivity index (χ3v) is 5.59. The van der Waals surface area contributed by atoms with Gasteiger partial charge in [0, 0.05) is 12.1 Å². The molecule has 35 heavy (non-hydrogen) atoms. The zero-order chi connectivity index (χ0) is 26.0. The molecule has 2 aromatic rings. The van der Waals surface area contributed by atoms with Gasteiger partial charge >= 0.3 is 0 Å². The lowest BCUT2D eigenvalue weighted by Gasteiger charge is -2.22. The van der Waals surface area contributed by atoms with Gasteiger partial charge in [-0.15, -0.1) is 0 Å². The van der Waals surface area contributed by atoms with Gasteiger partial charge in [0.25, 0.3) is 11.8 Å². The van der Waals surface area contributed by atoms with Crippen LogP contribution < -0.4 is 29.3 Å². The zero-order valence-corrected chi connectivity index (χ0v) is 21.1.